The molecule has 2 nitrogen and oxygen atoms in total. The van der Waals surface area contributed by atoms with Crippen molar-refractivity contribution in [3.8, 4) is 0 Å². The van der Waals surface area contributed by atoms with Crippen LogP contribution >= 0.6 is 0 Å². The summed E-state index contributed by atoms with van der Waals surface area (Å²) in [6.45, 7) is 9.14. The Kier molecular flexibility index (Phi) is 4.28. The van der Waals surface area contributed by atoms with Crippen molar-refractivity contribution in [3.05, 3.63) is 0 Å². The second-order valence-corrected chi connectivity index (χ2v) is 2.80. The maximum Gasteiger partial charge on any atom is 0.136 e. The normalized spacial score (nSPS) is 14.2. The van der Waals surface area contributed by atoms with E-state index >= 15 is 0 Å². The van der Waals surface area contributed by atoms with Crippen molar-refractivity contribution in [2.45, 2.75) is 39.8 Å². The fourth-order valence-corrected chi connectivity index (χ4v) is 1.20. The Hall–Kier alpha value is -0.370. The number of hydrogen-bond donors (Lipinski definition) is 0. The molecule has 0 fully saturated rings. The Balaban J connectivity index is 3.92. The zero-order valence-electron chi connectivity index (χ0n) is 7.29. The van der Waals surface area contributed by atoms with Crippen molar-refractivity contribution in [3.63, 3.8) is 0 Å². The predicted octanol–water partition coefficient (Wildman–Crippen LogP) is 1.30. The summed E-state index contributed by atoms with van der Waals surface area (Å²) in [6, 6.07) is 0.523. The topological polar surface area (TPSA) is 20.3 Å². The molecule has 0 aliphatic carbocycles. The molecule has 0 aliphatic rings. The van der Waals surface area contributed by atoms with Crippen LogP contribution in [0.25, 0.3) is 0 Å². The number of aldehydes is 1. The van der Waals surface area contributed by atoms with Gasteiger partial charge in [-0.15, -0.1) is 0 Å². The molecule has 0 saturated carbocycles. The van der Waals surface area contributed by atoms with Crippen molar-refractivity contribution >= 4 is 6.29 Å². The molecule has 1 unspecified atom stereocenters. The van der Waals surface area contributed by atoms with Crippen LogP contribution in [-0.4, -0.2) is 29.8 Å². The average Bonchev–Trinajstić information content (AvgIpc) is 1.88. The average molecular weight is 143 g/mol. The van der Waals surface area contributed by atoms with E-state index in [9.17, 15) is 4.79 Å². The Labute approximate surface area is 63.2 Å². The molecule has 0 radical (unpaired) electrons. The predicted molar refractivity (Wildman–Crippen MR) is 43.0 cm³/mol. The lowest BCUT2D eigenvalue weighted by Crippen LogP contribution is -2.39. The van der Waals surface area contributed by atoms with Crippen LogP contribution in [0.2, 0.25) is 0 Å². The van der Waals surface area contributed by atoms with Crippen LogP contribution in [0.1, 0.15) is 27.7 Å². The Morgan fingerprint density at radius 3 is 2.00 bits per heavy atom. The molecule has 0 aromatic carbocycles. The molecule has 2 heteroatoms. The van der Waals surface area contributed by atoms with Gasteiger partial charge in [-0.3, -0.25) is 4.90 Å². The van der Waals surface area contributed by atoms with Crippen LogP contribution in [0.5, 0.6) is 0 Å². The highest BCUT2D eigenvalue weighted by atomic mass is 16.1. The lowest BCUT2D eigenvalue weighted by molar-refractivity contribution is -0.112. The summed E-state index contributed by atoms with van der Waals surface area (Å²) < 4.78 is 0. The molecule has 0 N–H and O–H groups in total. The van der Waals surface area contributed by atoms with E-state index in [2.05, 4.69) is 25.7 Å². The number of carbonyl (C=O) groups is 1. The number of rotatable bonds is 4. The molecule has 0 amide bonds. The summed E-state index contributed by atoms with van der Waals surface area (Å²) >= 11 is 0. The summed E-state index contributed by atoms with van der Waals surface area (Å²) in [5.74, 6) is 0. The van der Waals surface area contributed by atoms with E-state index in [1.54, 1.807) is 0 Å². The van der Waals surface area contributed by atoms with Gasteiger partial charge in [-0.05, 0) is 27.3 Å². The fraction of sp³-hybridized carbons (Fsp3) is 0.875. The summed E-state index contributed by atoms with van der Waals surface area (Å²) in [5, 5.41) is 0. The van der Waals surface area contributed by atoms with Gasteiger partial charge in [0.15, 0.2) is 0 Å². The molecule has 1 atom stereocenters. The van der Waals surface area contributed by atoms with E-state index < -0.39 is 0 Å². The fourth-order valence-electron chi connectivity index (χ4n) is 1.20. The Bertz CT molecular complexity index is 101. The third kappa shape index (κ3) is 2.48. The van der Waals surface area contributed by atoms with Crippen LogP contribution in [-0.2, 0) is 4.79 Å². The van der Waals surface area contributed by atoms with Gasteiger partial charge in [-0.2, -0.15) is 0 Å². The van der Waals surface area contributed by atoms with E-state index in [-0.39, 0.29) is 6.04 Å². The van der Waals surface area contributed by atoms with E-state index in [4.69, 9.17) is 0 Å². The molecular weight excluding hydrogens is 126 g/mol. The van der Waals surface area contributed by atoms with E-state index in [0.29, 0.717) is 6.04 Å². The van der Waals surface area contributed by atoms with Gasteiger partial charge in [0.2, 0.25) is 0 Å². The van der Waals surface area contributed by atoms with Crippen molar-refractivity contribution in [2.24, 2.45) is 0 Å². The first-order valence-electron chi connectivity index (χ1n) is 3.84. The van der Waals surface area contributed by atoms with Crippen molar-refractivity contribution in [2.75, 3.05) is 6.54 Å². The second-order valence-electron chi connectivity index (χ2n) is 2.80. The first-order valence-corrected chi connectivity index (χ1v) is 3.84. The van der Waals surface area contributed by atoms with E-state index in [0.717, 1.165) is 12.8 Å². The quantitative estimate of drug-likeness (QED) is 0.553. The minimum Gasteiger partial charge on any atom is -0.302 e. The van der Waals surface area contributed by atoms with E-state index in [1.807, 2.05) is 6.92 Å². The van der Waals surface area contributed by atoms with Gasteiger partial charge in [0.05, 0.1) is 6.04 Å². The molecule has 60 valence electrons. The summed E-state index contributed by atoms with van der Waals surface area (Å²) in [7, 11) is 0. The number of hydrogen-bond acceptors (Lipinski definition) is 2. The van der Waals surface area contributed by atoms with Crippen molar-refractivity contribution in [1.82, 2.24) is 4.90 Å². The summed E-state index contributed by atoms with van der Waals surface area (Å²) in [5.41, 5.74) is 0. The van der Waals surface area contributed by atoms with Gasteiger partial charge in [-0.25, -0.2) is 0 Å². The standard InChI is InChI=1S/C8H17NO/c1-5-9(7(2)3)8(4)6-10/h6-8H,5H2,1-4H3. The maximum atomic E-state index is 10.4. The zero-order chi connectivity index (χ0) is 8.15. The first-order chi connectivity index (χ1) is 4.63. The van der Waals surface area contributed by atoms with Crippen LogP contribution < -0.4 is 0 Å². The van der Waals surface area contributed by atoms with Crippen LogP contribution in [0.3, 0.4) is 0 Å². The van der Waals surface area contributed by atoms with E-state index in [1.165, 1.54) is 0 Å². The largest absolute Gasteiger partial charge is 0.302 e. The molecule has 0 rings (SSSR count). The third-order valence-electron chi connectivity index (χ3n) is 1.75. The van der Waals surface area contributed by atoms with Gasteiger partial charge >= 0.3 is 0 Å². The molecule has 0 spiro atoms. The van der Waals surface area contributed by atoms with Crippen LogP contribution in [0.15, 0.2) is 0 Å². The molecule has 0 aromatic heterocycles. The van der Waals surface area contributed by atoms with Crippen molar-refractivity contribution < 1.29 is 4.79 Å². The monoisotopic (exact) mass is 143 g/mol. The van der Waals surface area contributed by atoms with Gasteiger partial charge < -0.3 is 4.79 Å². The minimum absolute atomic E-state index is 0.0602. The van der Waals surface area contributed by atoms with Gasteiger partial charge in [-0.1, -0.05) is 6.92 Å². The molecule has 0 aromatic rings. The highest BCUT2D eigenvalue weighted by molar-refractivity contribution is 5.56. The summed E-state index contributed by atoms with van der Waals surface area (Å²) in [4.78, 5) is 12.5. The SMILES string of the molecule is CCN(C(C)C)C(C)C=O. The Morgan fingerprint density at radius 1 is 1.40 bits per heavy atom. The van der Waals surface area contributed by atoms with Crippen LogP contribution in [0.4, 0.5) is 0 Å². The van der Waals surface area contributed by atoms with Gasteiger partial charge in [0.25, 0.3) is 0 Å². The molecule has 0 saturated heterocycles. The third-order valence-corrected chi connectivity index (χ3v) is 1.75. The lowest BCUT2D eigenvalue weighted by Gasteiger charge is -2.27. The van der Waals surface area contributed by atoms with Crippen molar-refractivity contribution in [1.29, 1.82) is 0 Å². The highest BCUT2D eigenvalue weighted by Gasteiger charge is 2.12. The van der Waals surface area contributed by atoms with Crippen LogP contribution in [0, 0.1) is 0 Å². The molecule has 0 aliphatic heterocycles. The van der Waals surface area contributed by atoms with Gasteiger partial charge in [0.1, 0.15) is 6.29 Å². The highest BCUT2D eigenvalue weighted by Crippen LogP contribution is 2.01. The molecular formula is C8H17NO. The molecule has 10 heavy (non-hydrogen) atoms. The lowest BCUT2D eigenvalue weighted by atomic mass is 10.2. The minimum atomic E-state index is 0.0602. The molecule has 0 bridgehead atoms. The number of likely N-dealkylation sites (N-methyl/N-ethyl adjacent to an activating group) is 1. The number of carbonyl (C=O) groups excluding carboxylic acids is 1. The maximum absolute atomic E-state index is 10.4. The second kappa shape index (κ2) is 4.45. The number of nitrogens with zero attached hydrogens (tertiary/aromatic N) is 1. The molecule has 0 heterocycles. The first kappa shape index (κ1) is 9.63. The Morgan fingerprint density at radius 2 is 1.90 bits per heavy atom. The summed E-state index contributed by atoms with van der Waals surface area (Å²) in [6.07, 6.45) is 0.990. The smallest absolute Gasteiger partial charge is 0.136 e. The van der Waals surface area contributed by atoms with Gasteiger partial charge in [0, 0.05) is 6.04 Å². The zero-order valence-corrected chi connectivity index (χ0v) is 7.29.